The van der Waals surface area contributed by atoms with Gasteiger partial charge in [0.15, 0.2) is 9.84 Å². The lowest BCUT2D eigenvalue weighted by Gasteiger charge is -2.06. The first-order chi connectivity index (χ1) is 9.62. The van der Waals surface area contributed by atoms with Crippen LogP contribution in [0.25, 0.3) is 0 Å². The molecule has 0 radical (unpaired) electrons. The molecule has 0 bridgehead atoms. The van der Waals surface area contributed by atoms with Gasteiger partial charge in [-0.1, -0.05) is 6.07 Å². The lowest BCUT2D eigenvalue weighted by Crippen LogP contribution is -2.22. The quantitative estimate of drug-likeness (QED) is 0.831. The van der Waals surface area contributed by atoms with E-state index in [4.69, 9.17) is 5.26 Å². The highest BCUT2D eigenvalue weighted by Crippen LogP contribution is 2.12. The number of benzene rings is 1. The van der Waals surface area contributed by atoms with Crippen LogP contribution in [-0.4, -0.2) is 20.7 Å². The van der Waals surface area contributed by atoms with E-state index in [0.29, 0.717) is 18.7 Å². The van der Waals surface area contributed by atoms with Gasteiger partial charge in [0.25, 0.3) is 0 Å². The summed E-state index contributed by atoms with van der Waals surface area (Å²) < 4.78 is 24.2. The van der Waals surface area contributed by atoms with Crippen molar-refractivity contribution in [1.82, 2.24) is 5.32 Å². The third-order valence-electron chi connectivity index (χ3n) is 2.78. The van der Waals surface area contributed by atoms with Gasteiger partial charge in [-0.05, 0) is 40.6 Å². The molecule has 1 heterocycles. The van der Waals surface area contributed by atoms with Gasteiger partial charge in [-0.3, -0.25) is 0 Å². The van der Waals surface area contributed by atoms with Gasteiger partial charge in [0.1, 0.15) is 0 Å². The van der Waals surface area contributed by atoms with Gasteiger partial charge >= 0.3 is 0 Å². The van der Waals surface area contributed by atoms with Crippen molar-refractivity contribution in [3.05, 3.63) is 52.2 Å². The smallest absolute Gasteiger partial charge is 0.179 e. The predicted octanol–water partition coefficient (Wildman–Crippen LogP) is 2.18. The third-order valence-corrected chi connectivity index (χ3v) is 5.22. The van der Waals surface area contributed by atoms with Crippen LogP contribution in [0.5, 0.6) is 0 Å². The van der Waals surface area contributed by atoms with Crippen molar-refractivity contribution >= 4 is 21.2 Å². The Kier molecular flexibility index (Phi) is 4.90. The number of nitrogens with zero attached hydrogens (tertiary/aromatic N) is 1. The molecule has 0 aliphatic heterocycles. The molecule has 0 spiro atoms. The van der Waals surface area contributed by atoms with Crippen molar-refractivity contribution in [2.45, 2.75) is 11.4 Å². The molecule has 0 unspecified atom stereocenters. The van der Waals surface area contributed by atoms with Crippen LogP contribution in [0.15, 0.2) is 46.0 Å². The van der Waals surface area contributed by atoms with Gasteiger partial charge in [0, 0.05) is 13.1 Å². The van der Waals surface area contributed by atoms with Crippen molar-refractivity contribution in [3.8, 4) is 6.07 Å². The lowest BCUT2D eigenvalue weighted by molar-refractivity contribution is 0.590. The number of nitriles is 1. The molecule has 1 aromatic carbocycles. The van der Waals surface area contributed by atoms with E-state index >= 15 is 0 Å². The maximum Gasteiger partial charge on any atom is 0.179 e. The van der Waals surface area contributed by atoms with E-state index in [0.717, 1.165) is 5.56 Å². The maximum atomic E-state index is 12.1. The molecule has 20 heavy (non-hydrogen) atoms. The summed E-state index contributed by atoms with van der Waals surface area (Å²) in [5.74, 6) is 0.0199. The van der Waals surface area contributed by atoms with Crippen LogP contribution in [0.1, 0.15) is 11.1 Å². The van der Waals surface area contributed by atoms with Gasteiger partial charge in [0.2, 0.25) is 0 Å². The fourth-order valence-electron chi connectivity index (χ4n) is 1.71. The van der Waals surface area contributed by atoms with Crippen LogP contribution in [0.3, 0.4) is 0 Å². The van der Waals surface area contributed by atoms with E-state index in [9.17, 15) is 8.42 Å². The number of nitrogens with one attached hydrogen (secondary N) is 1. The molecular formula is C14H14N2O2S2. The van der Waals surface area contributed by atoms with Gasteiger partial charge in [-0.2, -0.15) is 16.6 Å². The first-order valence-electron chi connectivity index (χ1n) is 6.06. The Balaban J connectivity index is 1.92. The molecule has 2 rings (SSSR count). The summed E-state index contributed by atoms with van der Waals surface area (Å²) in [5, 5.41) is 15.9. The van der Waals surface area contributed by atoms with E-state index in [2.05, 4.69) is 5.32 Å². The van der Waals surface area contributed by atoms with E-state index in [-0.39, 0.29) is 10.6 Å². The highest BCUT2D eigenvalue weighted by molar-refractivity contribution is 7.91. The second-order valence-electron chi connectivity index (χ2n) is 4.27. The molecule has 2 aromatic rings. The average molecular weight is 306 g/mol. The summed E-state index contributed by atoms with van der Waals surface area (Å²) in [5.41, 5.74) is 1.51. The van der Waals surface area contributed by atoms with Gasteiger partial charge in [-0.15, -0.1) is 0 Å². The molecule has 0 aliphatic carbocycles. The summed E-state index contributed by atoms with van der Waals surface area (Å²) in [6, 6.07) is 10.1. The topological polar surface area (TPSA) is 70.0 Å². The Morgan fingerprint density at radius 2 is 2.15 bits per heavy atom. The highest BCUT2D eigenvalue weighted by atomic mass is 32.2. The standard InChI is InChI=1S/C14H14N2O2S2/c15-9-12-2-1-3-14(8-12)20(17,18)7-5-16-10-13-4-6-19-11-13/h1-4,6,8,11,16H,5,7,10H2. The van der Waals surface area contributed by atoms with Crippen LogP contribution >= 0.6 is 11.3 Å². The van der Waals surface area contributed by atoms with E-state index in [1.807, 2.05) is 22.9 Å². The molecule has 0 saturated carbocycles. The van der Waals surface area contributed by atoms with Gasteiger partial charge < -0.3 is 5.32 Å². The Labute approximate surface area is 122 Å². The van der Waals surface area contributed by atoms with E-state index in [1.165, 1.54) is 12.1 Å². The summed E-state index contributed by atoms with van der Waals surface area (Å²) in [4.78, 5) is 0.203. The zero-order valence-electron chi connectivity index (χ0n) is 10.7. The molecular weight excluding hydrogens is 292 g/mol. The van der Waals surface area contributed by atoms with Crippen molar-refractivity contribution < 1.29 is 8.42 Å². The number of thiophene rings is 1. The van der Waals surface area contributed by atoms with Crippen molar-refractivity contribution in [2.75, 3.05) is 12.3 Å². The molecule has 1 aromatic heterocycles. The third kappa shape index (κ3) is 3.90. The minimum atomic E-state index is -3.34. The molecule has 0 saturated heterocycles. The summed E-state index contributed by atoms with van der Waals surface area (Å²) >= 11 is 1.62. The molecule has 4 nitrogen and oxygen atoms in total. The molecule has 0 aliphatic rings. The fraction of sp³-hybridized carbons (Fsp3) is 0.214. The number of sulfone groups is 1. The number of hydrogen-bond acceptors (Lipinski definition) is 5. The van der Waals surface area contributed by atoms with Crippen LogP contribution in [0.2, 0.25) is 0 Å². The Bertz CT molecular complexity index is 701. The lowest BCUT2D eigenvalue weighted by atomic mass is 10.2. The van der Waals surface area contributed by atoms with Crippen molar-refractivity contribution in [2.24, 2.45) is 0 Å². The molecule has 0 atom stereocenters. The van der Waals surface area contributed by atoms with Gasteiger partial charge in [0.05, 0.1) is 22.3 Å². The summed E-state index contributed by atoms with van der Waals surface area (Å²) in [6.45, 7) is 1.05. The maximum absolute atomic E-state index is 12.1. The van der Waals surface area contributed by atoms with Crippen LogP contribution in [0, 0.1) is 11.3 Å². The zero-order valence-corrected chi connectivity index (χ0v) is 12.4. The summed E-state index contributed by atoms with van der Waals surface area (Å²) in [7, 11) is -3.34. The normalized spacial score (nSPS) is 11.2. The summed E-state index contributed by atoms with van der Waals surface area (Å²) in [6.07, 6.45) is 0. The van der Waals surface area contributed by atoms with Crippen LogP contribution in [0.4, 0.5) is 0 Å². The second-order valence-corrected chi connectivity index (χ2v) is 7.16. The average Bonchev–Trinajstić information content (AvgIpc) is 2.97. The Morgan fingerprint density at radius 1 is 1.30 bits per heavy atom. The highest BCUT2D eigenvalue weighted by Gasteiger charge is 2.14. The zero-order chi connectivity index (χ0) is 14.4. The second kappa shape index (κ2) is 6.66. The van der Waals surface area contributed by atoms with Crippen molar-refractivity contribution in [1.29, 1.82) is 5.26 Å². The largest absolute Gasteiger partial charge is 0.312 e. The van der Waals surface area contributed by atoms with Crippen LogP contribution < -0.4 is 5.32 Å². The SMILES string of the molecule is N#Cc1cccc(S(=O)(=O)CCNCc2ccsc2)c1. The Morgan fingerprint density at radius 3 is 2.85 bits per heavy atom. The molecule has 0 fully saturated rings. The van der Waals surface area contributed by atoms with E-state index in [1.54, 1.807) is 23.5 Å². The first kappa shape index (κ1) is 14.7. The number of rotatable bonds is 6. The molecule has 6 heteroatoms. The number of hydrogen-bond donors (Lipinski definition) is 1. The predicted molar refractivity (Wildman–Crippen MR) is 79.2 cm³/mol. The fourth-order valence-corrected chi connectivity index (χ4v) is 3.62. The van der Waals surface area contributed by atoms with Gasteiger partial charge in [-0.25, -0.2) is 8.42 Å². The monoisotopic (exact) mass is 306 g/mol. The minimum Gasteiger partial charge on any atom is -0.312 e. The van der Waals surface area contributed by atoms with Crippen molar-refractivity contribution in [3.63, 3.8) is 0 Å². The molecule has 104 valence electrons. The minimum absolute atomic E-state index is 0.0199. The first-order valence-corrected chi connectivity index (χ1v) is 8.66. The van der Waals surface area contributed by atoms with Crippen LogP contribution in [-0.2, 0) is 16.4 Å². The van der Waals surface area contributed by atoms with E-state index < -0.39 is 9.84 Å². The molecule has 0 amide bonds. The Hall–Kier alpha value is -1.68. The molecule has 1 N–H and O–H groups in total.